The molecule has 0 aliphatic heterocycles. The number of methoxy groups -OCH3 is 1. The van der Waals surface area contributed by atoms with E-state index in [0.29, 0.717) is 35.9 Å². The van der Waals surface area contributed by atoms with E-state index in [0.717, 1.165) is 16.1 Å². The predicted octanol–water partition coefficient (Wildman–Crippen LogP) is 4.83. The van der Waals surface area contributed by atoms with E-state index in [1.54, 1.807) is 43.5 Å². The molecule has 0 aliphatic carbocycles. The van der Waals surface area contributed by atoms with Crippen LogP contribution in [0.3, 0.4) is 0 Å². The standard InChI is InChI=1S/C31H39N3O6S/c1-6-29(31(36)32-20-23(2)3)33(21-24-12-16-26(39-4)17-13-24)30(35)22-34(41(5,37)38)25-14-18-28(19-15-25)40-27-10-8-7-9-11-27/h7-19,23,29H,6,20-22H2,1-5H3,(H,32,36)/t29-/m1/s1. The van der Waals surface area contributed by atoms with Crippen LogP contribution in [-0.2, 0) is 26.2 Å². The predicted molar refractivity (Wildman–Crippen MR) is 161 cm³/mol. The number of benzene rings is 3. The molecule has 0 aromatic heterocycles. The van der Waals surface area contributed by atoms with Crippen molar-refractivity contribution in [3.63, 3.8) is 0 Å². The molecule has 0 saturated carbocycles. The first kappa shape index (κ1) is 31.5. The topological polar surface area (TPSA) is 105 Å². The molecule has 0 fully saturated rings. The van der Waals surface area contributed by atoms with Gasteiger partial charge in [-0.2, -0.15) is 0 Å². The minimum absolute atomic E-state index is 0.123. The van der Waals surface area contributed by atoms with Gasteiger partial charge in [-0.1, -0.05) is 51.1 Å². The molecule has 3 rings (SSSR count). The highest BCUT2D eigenvalue weighted by molar-refractivity contribution is 7.92. The molecule has 220 valence electrons. The summed E-state index contributed by atoms with van der Waals surface area (Å²) in [7, 11) is -2.28. The molecule has 1 N–H and O–H groups in total. The second-order valence-electron chi connectivity index (χ2n) is 10.1. The van der Waals surface area contributed by atoms with Crippen molar-refractivity contribution in [1.82, 2.24) is 10.2 Å². The Hall–Kier alpha value is -4.05. The third-order valence-corrected chi connectivity index (χ3v) is 7.51. The lowest BCUT2D eigenvalue weighted by molar-refractivity contribution is -0.140. The van der Waals surface area contributed by atoms with Crippen LogP contribution in [0.2, 0.25) is 0 Å². The molecule has 1 atom stereocenters. The van der Waals surface area contributed by atoms with Crippen LogP contribution in [0.1, 0.15) is 32.8 Å². The van der Waals surface area contributed by atoms with Crippen molar-refractivity contribution in [3.05, 3.63) is 84.4 Å². The van der Waals surface area contributed by atoms with Crippen molar-refractivity contribution in [2.75, 3.05) is 30.8 Å². The van der Waals surface area contributed by atoms with Crippen LogP contribution in [0.5, 0.6) is 17.2 Å². The lowest BCUT2D eigenvalue weighted by atomic mass is 10.1. The third kappa shape index (κ3) is 9.24. The van der Waals surface area contributed by atoms with E-state index in [-0.39, 0.29) is 18.4 Å². The van der Waals surface area contributed by atoms with E-state index in [4.69, 9.17) is 9.47 Å². The molecule has 0 radical (unpaired) electrons. The number of nitrogens with zero attached hydrogens (tertiary/aromatic N) is 2. The van der Waals surface area contributed by atoms with Gasteiger partial charge in [0.15, 0.2) is 0 Å². The minimum atomic E-state index is -3.85. The molecule has 0 spiro atoms. The van der Waals surface area contributed by atoms with Crippen LogP contribution in [0.25, 0.3) is 0 Å². The Morgan fingerprint density at radius 1 is 0.878 bits per heavy atom. The number of ether oxygens (including phenoxy) is 2. The third-order valence-electron chi connectivity index (χ3n) is 6.37. The summed E-state index contributed by atoms with van der Waals surface area (Å²) >= 11 is 0. The highest BCUT2D eigenvalue weighted by atomic mass is 32.2. The average molecular weight is 582 g/mol. The number of carbonyl (C=O) groups excluding carboxylic acids is 2. The summed E-state index contributed by atoms with van der Waals surface area (Å²) in [6.45, 7) is 5.92. The van der Waals surface area contributed by atoms with Gasteiger partial charge >= 0.3 is 0 Å². The monoisotopic (exact) mass is 581 g/mol. The quantitative estimate of drug-likeness (QED) is 0.292. The molecule has 3 aromatic carbocycles. The fourth-order valence-electron chi connectivity index (χ4n) is 4.19. The Bertz CT molecular complexity index is 1380. The van der Waals surface area contributed by atoms with Gasteiger partial charge in [0.2, 0.25) is 21.8 Å². The Morgan fingerprint density at radius 2 is 1.46 bits per heavy atom. The van der Waals surface area contributed by atoms with E-state index in [1.165, 1.54) is 4.90 Å². The molecule has 0 aliphatic rings. The van der Waals surface area contributed by atoms with Crippen LogP contribution in [0.4, 0.5) is 5.69 Å². The summed E-state index contributed by atoms with van der Waals surface area (Å²) in [4.78, 5) is 28.5. The first-order valence-electron chi connectivity index (χ1n) is 13.5. The van der Waals surface area contributed by atoms with Gasteiger partial charge in [0.25, 0.3) is 0 Å². The summed E-state index contributed by atoms with van der Waals surface area (Å²) in [5.41, 5.74) is 1.09. The zero-order valence-electron chi connectivity index (χ0n) is 24.2. The van der Waals surface area contributed by atoms with Gasteiger partial charge in [-0.25, -0.2) is 8.42 Å². The number of amides is 2. The fourth-order valence-corrected chi connectivity index (χ4v) is 5.04. The van der Waals surface area contributed by atoms with E-state index in [1.807, 2.05) is 63.2 Å². The zero-order valence-corrected chi connectivity index (χ0v) is 25.1. The number of nitrogens with one attached hydrogen (secondary N) is 1. The van der Waals surface area contributed by atoms with Crippen LogP contribution >= 0.6 is 0 Å². The number of anilines is 1. The van der Waals surface area contributed by atoms with Crippen LogP contribution < -0.4 is 19.1 Å². The summed E-state index contributed by atoms with van der Waals surface area (Å²) < 4.78 is 37.8. The Kier molecular flexibility index (Phi) is 11.2. The molecule has 10 heteroatoms. The molecule has 0 unspecified atom stereocenters. The van der Waals surface area contributed by atoms with Crippen molar-refractivity contribution < 1.29 is 27.5 Å². The van der Waals surface area contributed by atoms with E-state index < -0.39 is 28.5 Å². The number of hydrogen-bond donors (Lipinski definition) is 1. The molecule has 0 bridgehead atoms. The largest absolute Gasteiger partial charge is 0.497 e. The van der Waals surface area contributed by atoms with E-state index >= 15 is 0 Å². The van der Waals surface area contributed by atoms with Crippen molar-refractivity contribution >= 4 is 27.5 Å². The maximum absolute atomic E-state index is 13.8. The van der Waals surface area contributed by atoms with Crippen LogP contribution in [-0.4, -0.2) is 57.6 Å². The van der Waals surface area contributed by atoms with Gasteiger partial charge in [0.05, 0.1) is 19.1 Å². The second kappa shape index (κ2) is 14.5. The SMILES string of the molecule is CC[C@H](C(=O)NCC(C)C)N(Cc1ccc(OC)cc1)C(=O)CN(c1ccc(Oc2ccccc2)cc1)S(C)(=O)=O. The first-order chi connectivity index (χ1) is 19.5. The number of para-hydroxylation sites is 1. The van der Waals surface area contributed by atoms with Gasteiger partial charge in [-0.3, -0.25) is 13.9 Å². The highest BCUT2D eigenvalue weighted by Crippen LogP contribution is 2.26. The van der Waals surface area contributed by atoms with Crippen molar-refractivity contribution in [2.45, 2.75) is 39.8 Å². The van der Waals surface area contributed by atoms with Gasteiger partial charge in [0.1, 0.15) is 29.8 Å². The Balaban J connectivity index is 1.88. The average Bonchev–Trinajstić information content (AvgIpc) is 2.95. The maximum atomic E-state index is 13.8. The molecule has 9 nitrogen and oxygen atoms in total. The molecule has 0 heterocycles. The summed E-state index contributed by atoms with van der Waals surface area (Å²) in [6.07, 6.45) is 1.41. The van der Waals surface area contributed by atoms with Gasteiger partial charge in [-0.15, -0.1) is 0 Å². The Morgan fingerprint density at radius 3 is 2.00 bits per heavy atom. The number of rotatable bonds is 14. The van der Waals surface area contributed by atoms with Gasteiger partial charge in [0, 0.05) is 13.1 Å². The lowest BCUT2D eigenvalue weighted by Crippen LogP contribution is -2.52. The van der Waals surface area contributed by atoms with E-state index in [9.17, 15) is 18.0 Å². The summed E-state index contributed by atoms with van der Waals surface area (Å²) in [5, 5.41) is 2.92. The Labute approximate surface area is 243 Å². The van der Waals surface area contributed by atoms with Gasteiger partial charge in [-0.05, 0) is 66.4 Å². The number of carbonyl (C=O) groups is 2. The number of hydrogen-bond acceptors (Lipinski definition) is 6. The highest BCUT2D eigenvalue weighted by Gasteiger charge is 2.31. The molecule has 0 saturated heterocycles. The molecule has 41 heavy (non-hydrogen) atoms. The fraction of sp³-hybridized carbons (Fsp3) is 0.355. The van der Waals surface area contributed by atoms with Crippen LogP contribution in [0, 0.1) is 5.92 Å². The normalized spacial score (nSPS) is 12.0. The van der Waals surface area contributed by atoms with Crippen molar-refractivity contribution in [3.8, 4) is 17.2 Å². The van der Waals surface area contributed by atoms with Gasteiger partial charge < -0.3 is 19.7 Å². The lowest BCUT2D eigenvalue weighted by Gasteiger charge is -2.33. The molecule has 2 amide bonds. The maximum Gasteiger partial charge on any atom is 0.244 e. The zero-order chi connectivity index (χ0) is 30.0. The number of sulfonamides is 1. The summed E-state index contributed by atoms with van der Waals surface area (Å²) in [5.74, 6) is 1.28. The second-order valence-corrected chi connectivity index (χ2v) is 12.0. The minimum Gasteiger partial charge on any atom is -0.497 e. The van der Waals surface area contributed by atoms with Crippen molar-refractivity contribution in [1.29, 1.82) is 0 Å². The first-order valence-corrected chi connectivity index (χ1v) is 15.4. The summed E-state index contributed by atoms with van der Waals surface area (Å²) in [6, 6.07) is 22.1. The molecule has 3 aromatic rings. The molecular weight excluding hydrogens is 542 g/mol. The van der Waals surface area contributed by atoms with E-state index in [2.05, 4.69) is 5.32 Å². The smallest absolute Gasteiger partial charge is 0.244 e. The van der Waals surface area contributed by atoms with Crippen LogP contribution in [0.15, 0.2) is 78.9 Å². The molecular formula is C31H39N3O6S. The van der Waals surface area contributed by atoms with Crippen molar-refractivity contribution in [2.24, 2.45) is 5.92 Å².